The fourth-order valence-electron chi connectivity index (χ4n) is 2.53. The zero-order chi connectivity index (χ0) is 24.7. The van der Waals surface area contributed by atoms with E-state index in [9.17, 15) is 22.8 Å². The van der Waals surface area contributed by atoms with Gasteiger partial charge in [-0.05, 0) is 36.4 Å². The van der Waals surface area contributed by atoms with Crippen LogP contribution < -0.4 is 24.8 Å². The molecule has 0 aliphatic rings. The first kappa shape index (κ1) is 25.1. The van der Waals surface area contributed by atoms with Crippen LogP contribution in [0.25, 0.3) is 0 Å². The number of carbonyl (C=O) groups excluding carboxylic acids is 2. The van der Waals surface area contributed by atoms with Gasteiger partial charge in [-0.15, -0.1) is 23.4 Å². The number of thioether (sulfide) groups is 1. The molecule has 0 aliphatic heterocycles. The minimum atomic E-state index is -4.79. The van der Waals surface area contributed by atoms with Gasteiger partial charge in [0.1, 0.15) is 17.2 Å². The van der Waals surface area contributed by atoms with Gasteiger partial charge in [0.05, 0.1) is 25.5 Å². The Labute approximate surface area is 199 Å². The van der Waals surface area contributed by atoms with Crippen LogP contribution in [0.2, 0.25) is 0 Å². The number of aromatic nitrogens is 2. The quantitative estimate of drug-likeness (QED) is 0.319. The minimum absolute atomic E-state index is 0.0321. The van der Waals surface area contributed by atoms with Crippen LogP contribution in [0.4, 0.5) is 24.0 Å². The van der Waals surface area contributed by atoms with Crippen LogP contribution in [-0.2, 0) is 4.79 Å². The fraction of sp³-hybridized carbons (Fsp3) is 0.200. The molecule has 0 radical (unpaired) electrons. The summed E-state index contributed by atoms with van der Waals surface area (Å²) in [5.74, 6) is -0.426. The number of amides is 2. The lowest BCUT2D eigenvalue weighted by atomic mass is 10.2. The van der Waals surface area contributed by atoms with Crippen LogP contribution in [0.15, 0.2) is 46.8 Å². The number of rotatable bonds is 9. The lowest BCUT2D eigenvalue weighted by Gasteiger charge is -2.09. The molecule has 0 saturated heterocycles. The summed E-state index contributed by atoms with van der Waals surface area (Å²) in [6, 6.07) is 9.50. The van der Waals surface area contributed by atoms with Crippen molar-refractivity contribution in [2.45, 2.75) is 10.7 Å². The van der Waals surface area contributed by atoms with E-state index in [0.29, 0.717) is 21.5 Å². The molecule has 0 unspecified atom stereocenters. The molecule has 0 bridgehead atoms. The molecule has 2 amide bonds. The summed E-state index contributed by atoms with van der Waals surface area (Å²) in [6.07, 6.45) is -4.79. The number of hydrogen-bond donors (Lipinski definition) is 2. The van der Waals surface area contributed by atoms with E-state index in [2.05, 4.69) is 25.6 Å². The molecule has 3 aromatic rings. The molecule has 3 rings (SSSR count). The number of carbonyl (C=O) groups is 2. The van der Waals surface area contributed by atoms with E-state index in [0.717, 1.165) is 35.2 Å². The first-order valence-electron chi connectivity index (χ1n) is 9.32. The molecule has 9 nitrogen and oxygen atoms in total. The molecule has 2 N–H and O–H groups in total. The molecule has 1 aromatic heterocycles. The SMILES string of the molecule is COc1ccc(C(=O)Nc2nnc(SCC(=O)Nc3ccc(OC(F)(F)F)cc3)s2)c(OC)c1. The molecular formula is C20H17F3N4O5S2. The molecule has 14 heteroatoms. The highest BCUT2D eigenvalue weighted by Gasteiger charge is 2.31. The lowest BCUT2D eigenvalue weighted by Crippen LogP contribution is -2.17. The highest BCUT2D eigenvalue weighted by molar-refractivity contribution is 8.01. The van der Waals surface area contributed by atoms with Crippen molar-refractivity contribution in [2.75, 3.05) is 30.6 Å². The highest BCUT2D eigenvalue weighted by atomic mass is 32.2. The van der Waals surface area contributed by atoms with E-state index < -0.39 is 23.9 Å². The Morgan fingerprint density at radius 2 is 1.71 bits per heavy atom. The van der Waals surface area contributed by atoms with Gasteiger partial charge in [0, 0.05) is 11.8 Å². The van der Waals surface area contributed by atoms with Gasteiger partial charge in [0.2, 0.25) is 11.0 Å². The van der Waals surface area contributed by atoms with Crippen LogP contribution in [0, 0.1) is 0 Å². The monoisotopic (exact) mass is 514 g/mol. The van der Waals surface area contributed by atoms with Crippen LogP contribution in [0.3, 0.4) is 0 Å². The van der Waals surface area contributed by atoms with Crippen molar-refractivity contribution < 1.29 is 37.0 Å². The van der Waals surface area contributed by atoms with E-state index in [1.807, 2.05) is 0 Å². The van der Waals surface area contributed by atoms with E-state index in [1.54, 1.807) is 18.2 Å². The Hall–Kier alpha value is -3.52. The van der Waals surface area contributed by atoms with Gasteiger partial charge in [-0.1, -0.05) is 23.1 Å². The van der Waals surface area contributed by atoms with Crippen molar-refractivity contribution in [3.05, 3.63) is 48.0 Å². The molecule has 0 saturated carbocycles. The summed E-state index contributed by atoms with van der Waals surface area (Å²) >= 11 is 2.15. The number of alkyl halides is 3. The Kier molecular flexibility index (Phi) is 8.17. The summed E-state index contributed by atoms with van der Waals surface area (Å²) in [5, 5.41) is 13.2. The second-order valence-corrected chi connectivity index (χ2v) is 8.50. The number of anilines is 2. The first-order chi connectivity index (χ1) is 16.2. The van der Waals surface area contributed by atoms with E-state index >= 15 is 0 Å². The van der Waals surface area contributed by atoms with Crippen LogP contribution >= 0.6 is 23.1 Å². The number of benzene rings is 2. The predicted octanol–water partition coefficient (Wildman–Crippen LogP) is 4.44. The summed E-state index contributed by atoms with van der Waals surface area (Å²) in [7, 11) is 2.93. The molecule has 34 heavy (non-hydrogen) atoms. The van der Waals surface area contributed by atoms with Gasteiger partial charge < -0.3 is 19.5 Å². The van der Waals surface area contributed by atoms with Gasteiger partial charge in [0.25, 0.3) is 5.91 Å². The van der Waals surface area contributed by atoms with Gasteiger partial charge in [-0.25, -0.2) is 0 Å². The number of hydrogen-bond acceptors (Lipinski definition) is 9. The topological polar surface area (TPSA) is 112 Å². The molecule has 0 atom stereocenters. The summed E-state index contributed by atoms with van der Waals surface area (Å²) < 4.78 is 51.1. The predicted molar refractivity (Wildman–Crippen MR) is 120 cm³/mol. The number of ether oxygens (including phenoxy) is 3. The van der Waals surface area contributed by atoms with Crippen LogP contribution in [0.1, 0.15) is 10.4 Å². The molecule has 0 spiro atoms. The number of nitrogens with one attached hydrogen (secondary N) is 2. The Bertz CT molecular complexity index is 1160. The zero-order valence-corrected chi connectivity index (χ0v) is 19.3. The van der Waals surface area contributed by atoms with E-state index in [4.69, 9.17) is 9.47 Å². The molecule has 0 aliphatic carbocycles. The Balaban J connectivity index is 1.51. The van der Waals surface area contributed by atoms with E-state index in [1.165, 1.54) is 26.4 Å². The van der Waals surface area contributed by atoms with Crippen molar-refractivity contribution >= 4 is 45.7 Å². The lowest BCUT2D eigenvalue weighted by molar-refractivity contribution is -0.274. The second-order valence-electron chi connectivity index (χ2n) is 6.30. The van der Waals surface area contributed by atoms with Crippen molar-refractivity contribution in [3.63, 3.8) is 0 Å². The first-order valence-corrected chi connectivity index (χ1v) is 11.1. The average Bonchev–Trinajstić information content (AvgIpc) is 3.24. The number of nitrogens with zero attached hydrogens (tertiary/aromatic N) is 2. The average molecular weight is 515 g/mol. The minimum Gasteiger partial charge on any atom is -0.497 e. The third-order valence-corrected chi connectivity index (χ3v) is 5.95. The Morgan fingerprint density at radius 1 is 1.00 bits per heavy atom. The van der Waals surface area contributed by atoms with Crippen molar-refractivity contribution in [1.29, 1.82) is 0 Å². The maximum atomic E-state index is 12.5. The standard InChI is InChI=1S/C20H17F3N4O5S2/c1-30-13-7-8-14(15(9-13)31-2)17(29)25-18-26-27-19(34-18)33-10-16(28)24-11-3-5-12(6-4-11)32-20(21,22)23/h3-9H,10H2,1-2H3,(H,24,28)(H,25,26,29). The summed E-state index contributed by atoms with van der Waals surface area (Å²) in [6.45, 7) is 0. The normalized spacial score (nSPS) is 11.0. The van der Waals surface area contributed by atoms with Gasteiger partial charge in [-0.3, -0.25) is 14.9 Å². The maximum absolute atomic E-state index is 12.5. The third kappa shape index (κ3) is 7.25. The molecule has 180 valence electrons. The highest BCUT2D eigenvalue weighted by Crippen LogP contribution is 2.29. The molecule has 0 fully saturated rings. The maximum Gasteiger partial charge on any atom is 0.573 e. The third-order valence-electron chi connectivity index (χ3n) is 3.98. The summed E-state index contributed by atoms with van der Waals surface area (Å²) in [4.78, 5) is 24.6. The van der Waals surface area contributed by atoms with Gasteiger partial charge in [-0.2, -0.15) is 0 Å². The summed E-state index contributed by atoms with van der Waals surface area (Å²) in [5.41, 5.74) is 0.581. The van der Waals surface area contributed by atoms with Crippen molar-refractivity contribution in [2.24, 2.45) is 0 Å². The van der Waals surface area contributed by atoms with Gasteiger partial charge in [0.15, 0.2) is 4.34 Å². The fourth-order valence-corrected chi connectivity index (χ4v) is 4.08. The van der Waals surface area contributed by atoms with E-state index in [-0.39, 0.29) is 16.4 Å². The van der Waals surface area contributed by atoms with Crippen LogP contribution in [0.5, 0.6) is 17.2 Å². The van der Waals surface area contributed by atoms with Crippen molar-refractivity contribution in [3.8, 4) is 17.2 Å². The molecule has 1 heterocycles. The van der Waals surface area contributed by atoms with Gasteiger partial charge >= 0.3 is 6.36 Å². The zero-order valence-electron chi connectivity index (χ0n) is 17.6. The van der Waals surface area contributed by atoms with Crippen molar-refractivity contribution in [1.82, 2.24) is 10.2 Å². The number of methoxy groups -OCH3 is 2. The van der Waals surface area contributed by atoms with Crippen LogP contribution in [-0.4, -0.2) is 48.3 Å². The number of halogens is 3. The smallest absolute Gasteiger partial charge is 0.497 e. The molecular weight excluding hydrogens is 497 g/mol. The second kappa shape index (κ2) is 11.1. The Morgan fingerprint density at radius 3 is 2.35 bits per heavy atom. The molecule has 2 aromatic carbocycles. The largest absolute Gasteiger partial charge is 0.573 e.